The van der Waals surface area contributed by atoms with Crippen LogP contribution in [-0.4, -0.2) is 76.1 Å². The van der Waals surface area contributed by atoms with Gasteiger partial charge >= 0.3 is 0 Å². The monoisotopic (exact) mass is 341 g/mol. The third-order valence-electron chi connectivity index (χ3n) is 5.19. The van der Waals surface area contributed by atoms with E-state index in [-0.39, 0.29) is 18.1 Å². The maximum atomic E-state index is 13.1. The minimum absolute atomic E-state index is 0.0451. The Balaban J connectivity index is 1.56. The number of hydrogen-bond acceptors (Lipinski definition) is 6. The molecular formula is C18H23N5O2. The van der Waals surface area contributed by atoms with Gasteiger partial charge in [-0.25, -0.2) is 9.97 Å². The van der Waals surface area contributed by atoms with Gasteiger partial charge in [-0.2, -0.15) is 0 Å². The molecule has 2 aliphatic rings. The summed E-state index contributed by atoms with van der Waals surface area (Å²) in [5, 5.41) is 0. The third-order valence-corrected chi connectivity index (χ3v) is 5.19. The molecule has 0 spiro atoms. The zero-order valence-corrected chi connectivity index (χ0v) is 14.5. The van der Waals surface area contributed by atoms with Crippen molar-refractivity contribution < 1.29 is 9.53 Å². The fourth-order valence-corrected chi connectivity index (χ4v) is 3.85. The van der Waals surface area contributed by atoms with Gasteiger partial charge in [0.05, 0.1) is 6.10 Å². The van der Waals surface area contributed by atoms with Crippen LogP contribution in [0.1, 0.15) is 29.8 Å². The van der Waals surface area contributed by atoms with E-state index in [1.165, 1.54) is 12.8 Å². The molecule has 0 aliphatic carbocycles. The van der Waals surface area contributed by atoms with E-state index < -0.39 is 0 Å². The van der Waals surface area contributed by atoms with Crippen LogP contribution in [0, 0.1) is 0 Å². The Bertz CT molecular complexity index is 762. The van der Waals surface area contributed by atoms with E-state index in [1.54, 1.807) is 25.6 Å². The van der Waals surface area contributed by atoms with Crippen molar-refractivity contribution in [3.05, 3.63) is 30.2 Å². The molecule has 0 N–H and O–H groups in total. The second kappa shape index (κ2) is 7.01. The fourth-order valence-electron chi connectivity index (χ4n) is 3.85. The molecule has 2 aromatic rings. The van der Waals surface area contributed by atoms with Crippen molar-refractivity contribution in [3.8, 4) is 0 Å². The Morgan fingerprint density at radius 3 is 2.84 bits per heavy atom. The predicted octanol–water partition coefficient (Wildman–Crippen LogP) is 1.35. The van der Waals surface area contributed by atoms with Gasteiger partial charge in [-0.15, -0.1) is 0 Å². The Morgan fingerprint density at radius 1 is 1.24 bits per heavy atom. The van der Waals surface area contributed by atoms with Gasteiger partial charge in [0.15, 0.2) is 5.65 Å². The summed E-state index contributed by atoms with van der Waals surface area (Å²) in [6, 6.07) is 3.73. The van der Waals surface area contributed by atoms with Crippen LogP contribution in [0.3, 0.4) is 0 Å². The van der Waals surface area contributed by atoms with Gasteiger partial charge < -0.3 is 14.5 Å². The summed E-state index contributed by atoms with van der Waals surface area (Å²) >= 11 is 0. The van der Waals surface area contributed by atoms with Crippen LogP contribution in [-0.2, 0) is 4.74 Å². The highest BCUT2D eigenvalue weighted by atomic mass is 16.5. The van der Waals surface area contributed by atoms with E-state index >= 15 is 0 Å². The number of amides is 1. The van der Waals surface area contributed by atoms with Crippen molar-refractivity contribution in [2.45, 2.75) is 31.4 Å². The normalized spacial score (nSPS) is 24.3. The number of likely N-dealkylation sites (tertiary alicyclic amines) is 2. The standard InChI is InChI=1S/C18H23N5O2/c1-25-14-10-13(11-22-8-2-3-9-22)23(12-14)18(24)16-5-4-15-17(21-16)20-7-6-19-15/h4-7,13-14H,2-3,8-12H2,1H3/t13-,14-/m0/s1. The molecule has 0 aromatic carbocycles. The molecular weight excluding hydrogens is 318 g/mol. The van der Waals surface area contributed by atoms with E-state index in [0.29, 0.717) is 23.4 Å². The summed E-state index contributed by atoms with van der Waals surface area (Å²) in [6.07, 6.45) is 6.69. The van der Waals surface area contributed by atoms with Gasteiger partial charge in [-0.3, -0.25) is 9.78 Å². The Morgan fingerprint density at radius 2 is 2.04 bits per heavy atom. The molecule has 4 rings (SSSR count). The van der Waals surface area contributed by atoms with E-state index in [1.807, 2.05) is 11.0 Å². The number of nitrogens with zero attached hydrogens (tertiary/aromatic N) is 5. The van der Waals surface area contributed by atoms with Crippen molar-refractivity contribution in [3.63, 3.8) is 0 Å². The average molecular weight is 341 g/mol. The molecule has 1 amide bonds. The third kappa shape index (κ3) is 3.34. The molecule has 2 saturated heterocycles. The molecule has 7 heteroatoms. The van der Waals surface area contributed by atoms with E-state index in [4.69, 9.17) is 4.74 Å². The van der Waals surface area contributed by atoms with Crippen LogP contribution >= 0.6 is 0 Å². The summed E-state index contributed by atoms with van der Waals surface area (Å²) in [6.45, 7) is 3.78. The quantitative estimate of drug-likeness (QED) is 0.836. The average Bonchev–Trinajstić information content (AvgIpc) is 3.31. The number of carbonyl (C=O) groups excluding carboxylic acids is 1. The molecule has 0 saturated carbocycles. The molecule has 2 aliphatic heterocycles. The molecule has 0 radical (unpaired) electrons. The molecule has 2 atom stereocenters. The number of pyridine rings is 1. The first kappa shape index (κ1) is 16.4. The van der Waals surface area contributed by atoms with E-state index in [2.05, 4.69) is 19.9 Å². The van der Waals surface area contributed by atoms with Crippen LogP contribution in [0.2, 0.25) is 0 Å². The second-order valence-electron chi connectivity index (χ2n) is 6.81. The maximum Gasteiger partial charge on any atom is 0.272 e. The maximum absolute atomic E-state index is 13.1. The molecule has 0 bridgehead atoms. The van der Waals surface area contributed by atoms with Gasteiger partial charge in [-0.05, 0) is 44.5 Å². The summed E-state index contributed by atoms with van der Waals surface area (Å²) in [4.78, 5) is 30.3. The largest absolute Gasteiger partial charge is 0.380 e. The van der Waals surface area contributed by atoms with Crippen LogP contribution < -0.4 is 0 Å². The minimum atomic E-state index is -0.0451. The van der Waals surface area contributed by atoms with Gasteiger partial charge in [0.2, 0.25) is 0 Å². The smallest absolute Gasteiger partial charge is 0.272 e. The lowest BCUT2D eigenvalue weighted by molar-refractivity contribution is 0.0665. The zero-order chi connectivity index (χ0) is 17.2. The Hall–Kier alpha value is -2.12. The molecule has 0 unspecified atom stereocenters. The van der Waals surface area contributed by atoms with Crippen LogP contribution in [0.25, 0.3) is 11.2 Å². The number of hydrogen-bond donors (Lipinski definition) is 0. The highest BCUT2D eigenvalue weighted by Crippen LogP contribution is 2.24. The lowest BCUT2D eigenvalue weighted by Gasteiger charge is -2.28. The van der Waals surface area contributed by atoms with Crippen molar-refractivity contribution >= 4 is 17.1 Å². The second-order valence-corrected chi connectivity index (χ2v) is 6.81. The molecule has 4 heterocycles. The number of carbonyl (C=O) groups is 1. The predicted molar refractivity (Wildman–Crippen MR) is 93.2 cm³/mol. The number of ether oxygens (including phenoxy) is 1. The number of rotatable bonds is 4. The van der Waals surface area contributed by atoms with Crippen LogP contribution in [0.4, 0.5) is 0 Å². The SMILES string of the molecule is CO[C@H]1C[C@@H](CN2CCCC2)N(C(=O)c2ccc3nccnc3n2)C1. The van der Waals surface area contributed by atoms with Crippen LogP contribution in [0.5, 0.6) is 0 Å². The Kier molecular flexibility index (Phi) is 4.59. The zero-order valence-electron chi connectivity index (χ0n) is 14.5. The minimum Gasteiger partial charge on any atom is -0.380 e. The first-order chi connectivity index (χ1) is 12.2. The molecule has 2 fully saturated rings. The highest BCUT2D eigenvalue weighted by molar-refractivity contribution is 5.94. The van der Waals surface area contributed by atoms with Crippen molar-refractivity contribution in [1.82, 2.24) is 24.8 Å². The fraction of sp³-hybridized carbons (Fsp3) is 0.556. The molecule has 2 aromatic heterocycles. The van der Waals surface area contributed by atoms with Crippen molar-refractivity contribution in [2.75, 3.05) is 33.3 Å². The first-order valence-electron chi connectivity index (χ1n) is 8.88. The summed E-state index contributed by atoms with van der Waals surface area (Å²) in [5.74, 6) is -0.0451. The van der Waals surface area contributed by atoms with Gasteiger partial charge in [0.1, 0.15) is 11.2 Å². The number of fused-ring (bicyclic) bond motifs is 1. The van der Waals surface area contributed by atoms with E-state index in [9.17, 15) is 4.79 Å². The van der Waals surface area contributed by atoms with E-state index in [0.717, 1.165) is 26.1 Å². The Labute approximate surface area is 147 Å². The molecule has 132 valence electrons. The summed E-state index contributed by atoms with van der Waals surface area (Å²) < 4.78 is 5.54. The number of aromatic nitrogens is 3. The van der Waals surface area contributed by atoms with Gasteiger partial charge in [-0.1, -0.05) is 0 Å². The van der Waals surface area contributed by atoms with Gasteiger partial charge in [0, 0.05) is 38.6 Å². The topological polar surface area (TPSA) is 71.5 Å². The number of methoxy groups -OCH3 is 1. The van der Waals surface area contributed by atoms with Gasteiger partial charge in [0.25, 0.3) is 5.91 Å². The summed E-state index contributed by atoms with van der Waals surface area (Å²) in [5.41, 5.74) is 1.63. The molecule has 7 nitrogen and oxygen atoms in total. The van der Waals surface area contributed by atoms with Crippen LogP contribution in [0.15, 0.2) is 24.5 Å². The highest BCUT2D eigenvalue weighted by Gasteiger charge is 2.37. The molecule has 25 heavy (non-hydrogen) atoms. The first-order valence-corrected chi connectivity index (χ1v) is 8.88. The lowest BCUT2D eigenvalue weighted by atomic mass is 10.2. The van der Waals surface area contributed by atoms with Crippen molar-refractivity contribution in [1.29, 1.82) is 0 Å². The lowest BCUT2D eigenvalue weighted by Crippen LogP contribution is -2.42. The van der Waals surface area contributed by atoms with Crippen molar-refractivity contribution in [2.24, 2.45) is 0 Å². The summed E-state index contributed by atoms with van der Waals surface area (Å²) in [7, 11) is 1.72.